The predicted molar refractivity (Wildman–Crippen MR) is 63.4 cm³/mol. The van der Waals surface area contributed by atoms with Crippen molar-refractivity contribution in [1.82, 2.24) is 5.32 Å². The zero-order valence-corrected chi connectivity index (χ0v) is 10.8. The minimum absolute atomic E-state index is 0.160. The molecule has 1 aromatic rings. The van der Waals surface area contributed by atoms with E-state index in [0.29, 0.717) is 5.76 Å². The average molecular weight is 274 g/mol. The first-order valence-electron chi connectivity index (χ1n) is 4.95. The third kappa shape index (κ3) is 3.09. The third-order valence-corrected chi connectivity index (χ3v) is 3.69. The van der Waals surface area contributed by atoms with Crippen LogP contribution < -0.4 is 5.32 Å². The number of halogens is 1. The number of nitrogens with one attached hydrogen (secondary N) is 1. The van der Waals surface area contributed by atoms with Gasteiger partial charge in [-0.2, -0.15) is 0 Å². The molecule has 1 aromatic heterocycles. The molecule has 15 heavy (non-hydrogen) atoms. The highest BCUT2D eigenvalue weighted by Gasteiger charge is 2.24. The van der Waals surface area contributed by atoms with Crippen LogP contribution in [0.15, 0.2) is 16.5 Å². The number of rotatable bonds is 4. The number of carbonyl (C=O) groups excluding carboxylic acids is 1. The van der Waals surface area contributed by atoms with E-state index in [2.05, 4.69) is 21.2 Å². The van der Waals surface area contributed by atoms with Gasteiger partial charge in [-0.05, 0) is 32.4 Å². The molecule has 0 aliphatic carbocycles. The van der Waals surface area contributed by atoms with E-state index in [9.17, 15) is 4.79 Å². The summed E-state index contributed by atoms with van der Waals surface area (Å²) in [6.07, 6.45) is 0.865. The van der Waals surface area contributed by atoms with Gasteiger partial charge in [0, 0.05) is 10.9 Å². The minimum atomic E-state index is -0.224. The molecule has 0 saturated carbocycles. The SMILES string of the molecule is CCC(C)(CBr)NC(=O)c1ccc(C)o1. The second-order valence-corrected chi connectivity index (χ2v) is 4.47. The van der Waals surface area contributed by atoms with Crippen molar-refractivity contribution in [3.05, 3.63) is 23.7 Å². The molecule has 0 bridgehead atoms. The molecular weight excluding hydrogens is 258 g/mol. The van der Waals surface area contributed by atoms with Gasteiger partial charge in [0.1, 0.15) is 5.76 Å². The molecule has 0 radical (unpaired) electrons. The Bertz CT molecular complexity index is 342. The number of amides is 1. The minimum Gasteiger partial charge on any atom is -0.456 e. The standard InChI is InChI=1S/C11H16BrNO2/c1-4-11(3,7-12)13-10(14)9-6-5-8(2)15-9/h5-6H,4,7H2,1-3H3,(H,13,14). The van der Waals surface area contributed by atoms with Gasteiger partial charge in [-0.15, -0.1) is 0 Å². The van der Waals surface area contributed by atoms with E-state index in [1.54, 1.807) is 12.1 Å². The van der Waals surface area contributed by atoms with E-state index < -0.39 is 0 Å². The Morgan fingerprint density at radius 2 is 2.27 bits per heavy atom. The summed E-state index contributed by atoms with van der Waals surface area (Å²) in [5.74, 6) is 0.956. The van der Waals surface area contributed by atoms with Gasteiger partial charge >= 0.3 is 0 Å². The topological polar surface area (TPSA) is 42.2 Å². The second-order valence-electron chi connectivity index (χ2n) is 3.91. The summed E-state index contributed by atoms with van der Waals surface area (Å²) >= 11 is 3.39. The van der Waals surface area contributed by atoms with Gasteiger partial charge < -0.3 is 9.73 Å². The highest BCUT2D eigenvalue weighted by molar-refractivity contribution is 9.09. The van der Waals surface area contributed by atoms with Crippen molar-refractivity contribution in [3.63, 3.8) is 0 Å². The van der Waals surface area contributed by atoms with Gasteiger partial charge in [0.05, 0.1) is 0 Å². The van der Waals surface area contributed by atoms with Gasteiger partial charge in [0.25, 0.3) is 5.91 Å². The number of furan rings is 1. The molecule has 1 atom stereocenters. The van der Waals surface area contributed by atoms with Crippen LogP contribution in [0.2, 0.25) is 0 Å². The largest absolute Gasteiger partial charge is 0.456 e. The summed E-state index contributed by atoms with van der Waals surface area (Å²) in [6, 6.07) is 3.47. The quantitative estimate of drug-likeness (QED) is 0.858. The Morgan fingerprint density at radius 1 is 1.60 bits per heavy atom. The fourth-order valence-electron chi connectivity index (χ4n) is 1.11. The molecule has 3 nitrogen and oxygen atoms in total. The fraction of sp³-hybridized carbons (Fsp3) is 0.545. The maximum Gasteiger partial charge on any atom is 0.287 e. The van der Waals surface area contributed by atoms with E-state index in [1.165, 1.54) is 0 Å². The normalized spacial score (nSPS) is 14.7. The molecule has 0 spiro atoms. The van der Waals surface area contributed by atoms with Gasteiger partial charge in [0.2, 0.25) is 0 Å². The van der Waals surface area contributed by atoms with Crippen molar-refractivity contribution < 1.29 is 9.21 Å². The highest BCUT2D eigenvalue weighted by Crippen LogP contribution is 2.14. The van der Waals surface area contributed by atoms with Crippen LogP contribution in [-0.4, -0.2) is 16.8 Å². The second kappa shape index (κ2) is 4.84. The molecular formula is C11H16BrNO2. The molecule has 1 unspecified atom stereocenters. The van der Waals surface area contributed by atoms with Gasteiger partial charge in [-0.3, -0.25) is 4.79 Å². The van der Waals surface area contributed by atoms with Crippen molar-refractivity contribution in [2.45, 2.75) is 32.7 Å². The van der Waals surface area contributed by atoms with Crippen LogP contribution in [0.3, 0.4) is 0 Å². The van der Waals surface area contributed by atoms with Crippen LogP contribution in [0.25, 0.3) is 0 Å². The fourth-order valence-corrected chi connectivity index (χ4v) is 1.65. The molecule has 1 heterocycles. The van der Waals surface area contributed by atoms with E-state index in [0.717, 1.165) is 17.5 Å². The van der Waals surface area contributed by atoms with Gasteiger partial charge in [0.15, 0.2) is 5.76 Å². The lowest BCUT2D eigenvalue weighted by Gasteiger charge is -2.26. The van der Waals surface area contributed by atoms with Crippen LogP contribution in [0.5, 0.6) is 0 Å². The average Bonchev–Trinajstić information content (AvgIpc) is 2.65. The highest BCUT2D eigenvalue weighted by atomic mass is 79.9. The Labute approximate surface area is 98.4 Å². The zero-order valence-electron chi connectivity index (χ0n) is 9.26. The van der Waals surface area contributed by atoms with Crippen LogP contribution >= 0.6 is 15.9 Å². The summed E-state index contributed by atoms with van der Waals surface area (Å²) in [4.78, 5) is 11.8. The molecule has 0 aromatic carbocycles. The molecule has 4 heteroatoms. The Morgan fingerprint density at radius 3 is 2.67 bits per heavy atom. The maximum atomic E-state index is 11.8. The number of aryl methyl sites for hydroxylation is 1. The van der Waals surface area contributed by atoms with Crippen molar-refractivity contribution >= 4 is 21.8 Å². The summed E-state index contributed by atoms with van der Waals surface area (Å²) in [5, 5.41) is 3.67. The predicted octanol–water partition coefficient (Wildman–Crippen LogP) is 2.88. The third-order valence-electron chi connectivity index (χ3n) is 2.45. The number of hydrogen-bond acceptors (Lipinski definition) is 2. The van der Waals surface area contributed by atoms with Crippen LogP contribution in [0.1, 0.15) is 36.6 Å². The summed E-state index contributed by atoms with van der Waals surface area (Å²) in [6.45, 7) is 5.85. The molecule has 0 saturated heterocycles. The first kappa shape index (κ1) is 12.3. The first-order chi connectivity index (χ1) is 7.00. The molecule has 1 amide bonds. The number of carbonyl (C=O) groups is 1. The molecule has 0 aliphatic heterocycles. The van der Waals surface area contributed by atoms with Crippen molar-refractivity contribution in [2.75, 3.05) is 5.33 Å². The first-order valence-corrected chi connectivity index (χ1v) is 6.08. The van der Waals surface area contributed by atoms with Crippen LogP contribution in [0.4, 0.5) is 0 Å². The Hall–Kier alpha value is -0.770. The van der Waals surface area contributed by atoms with E-state index >= 15 is 0 Å². The summed E-state index contributed by atoms with van der Waals surface area (Å²) in [5.41, 5.74) is -0.224. The van der Waals surface area contributed by atoms with E-state index in [4.69, 9.17) is 4.42 Å². The molecule has 1 N–H and O–H groups in total. The molecule has 84 valence electrons. The van der Waals surface area contributed by atoms with Crippen molar-refractivity contribution in [3.8, 4) is 0 Å². The van der Waals surface area contributed by atoms with Crippen molar-refractivity contribution in [1.29, 1.82) is 0 Å². The molecule has 0 aliphatic rings. The molecule has 0 fully saturated rings. The van der Waals surface area contributed by atoms with E-state index in [1.807, 2.05) is 20.8 Å². The zero-order chi connectivity index (χ0) is 11.5. The lowest BCUT2D eigenvalue weighted by molar-refractivity contribution is 0.0883. The van der Waals surface area contributed by atoms with E-state index in [-0.39, 0.29) is 11.4 Å². The van der Waals surface area contributed by atoms with Gasteiger partial charge in [-0.1, -0.05) is 22.9 Å². The van der Waals surface area contributed by atoms with Crippen molar-refractivity contribution in [2.24, 2.45) is 0 Å². The smallest absolute Gasteiger partial charge is 0.287 e. The monoisotopic (exact) mass is 273 g/mol. The lowest BCUT2D eigenvalue weighted by Crippen LogP contribution is -2.46. The summed E-state index contributed by atoms with van der Waals surface area (Å²) in [7, 11) is 0. The molecule has 1 rings (SSSR count). The Balaban J connectivity index is 2.71. The Kier molecular flexibility index (Phi) is 3.97. The number of alkyl halides is 1. The van der Waals surface area contributed by atoms with Gasteiger partial charge in [-0.25, -0.2) is 0 Å². The van der Waals surface area contributed by atoms with Crippen LogP contribution in [0, 0.1) is 6.92 Å². The maximum absolute atomic E-state index is 11.8. The number of hydrogen-bond donors (Lipinski definition) is 1. The lowest BCUT2D eigenvalue weighted by atomic mass is 10.0. The van der Waals surface area contributed by atoms with Crippen LogP contribution in [-0.2, 0) is 0 Å². The summed E-state index contributed by atoms with van der Waals surface area (Å²) < 4.78 is 5.25.